The molecule has 0 saturated heterocycles. The van der Waals surface area contributed by atoms with Crippen LogP contribution in [0.1, 0.15) is 19.8 Å². The highest BCUT2D eigenvalue weighted by atomic mass is 35.5. The van der Waals surface area contributed by atoms with Crippen LogP contribution in [0.4, 0.5) is 0 Å². The van der Waals surface area contributed by atoms with Crippen LogP contribution in [0.5, 0.6) is 0 Å². The summed E-state index contributed by atoms with van der Waals surface area (Å²) in [5, 5.41) is 5.47. The summed E-state index contributed by atoms with van der Waals surface area (Å²) in [5.41, 5.74) is 1.24. The molecule has 1 aromatic carbocycles. The number of benzene rings is 1. The maximum atomic E-state index is 5.99. The van der Waals surface area contributed by atoms with Crippen LogP contribution in [-0.4, -0.2) is 30.9 Å². The van der Waals surface area contributed by atoms with Gasteiger partial charge in [0.2, 0.25) is 0 Å². The van der Waals surface area contributed by atoms with Crippen LogP contribution < -0.4 is 5.32 Å². The Labute approximate surface area is 125 Å². The van der Waals surface area contributed by atoms with Crippen molar-refractivity contribution in [3.8, 4) is 0 Å². The van der Waals surface area contributed by atoms with Crippen molar-refractivity contribution in [2.24, 2.45) is 0 Å². The molecule has 0 radical (unpaired) electrons. The van der Waals surface area contributed by atoms with Crippen molar-refractivity contribution >= 4 is 22.5 Å². The van der Waals surface area contributed by atoms with Gasteiger partial charge < -0.3 is 14.6 Å². The third kappa shape index (κ3) is 4.51. The molecule has 0 bridgehead atoms. The second kappa shape index (κ2) is 8.30. The molecule has 0 saturated carbocycles. The Morgan fingerprint density at radius 1 is 1.20 bits per heavy atom. The Morgan fingerprint density at radius 3 is 2.95 bits per heavy atom. The van der Waals surface area contributed by atoms with Gasteiger partial charge in [-0.05, 0) is 50.6 Å². The first-order valence-corrected chi connectivity index (χ1v) is 7.72. The second-order valence-electron chi connectivity index (χ2n) is 4.87. The Morgan fingerprint density at radius 2 is 2.10 bits per heavy atom. The average Bonchev–Trinajstić information content (AvgIpc) is 2.84. The zero-order valence-corrected chi connectivity index (χ0v) is 12.8. The van der Waals surface area contributed by atoms with E-state index in [1.165, 1.54) is 17.3 Å². The number of aromatic nitrogens is 1. The monoisotopic (exact) mass is 294 g/mol. The molecule has 0 aliphatic heterocycles. The van der Waals surface area contributed by atoms with E-state index >= 15 is 0 Å². The van der Waals surface area contributed by atoms with Crippen LogP contribution in [0.3, 0.4) is 0 Å². The largest absolute Gasteiger partial charge is 0.382 e. The number of halogens is 1. The molecule has 1 heterocycles. The molecule has 0 spiro atoms. The number of nitrogens with one attached hydrogen (secondary N) is 1. The van der Waals surface area contributed by atoms with E-state index in [1.54, 1.807) is 0 Å². The summed E-state index contributed by atoms with van der Waals surface area (Å²) in [6, 6.07) is 8.15. The fraction of sp³-hybridized carbons (Fsp3) is 0.500. The average molecular weight is 295 g/mol. The number of rotatable bonds is 9. The predicted molar refractivity (Wildman–Crippen MR) is 85.5 cm³/mol. The van der Waals surface area contributed by atoms with Crippen LogP contribution in [0.15, 0.2) is 30.5 Å². The van der Waals surface area contributed by atoms with Gasteiger partial charge in [-0.1, -0.05) is 11.6 Å². The summed E-state index contributed by atoms with van der Waals surface area (Å²) in [5.74, 6) is 0. The van der Waals surface area contributed by atoms with Crippen molar-refractivity contribution in [2.75, 3.05) is 26.3 Å². The molecule has 0 fully saturated rings. The molecule has 2 rings (SSSR count). The smallest absolute Gasteiger partial charge is 0.0481 e. The van der Waals surface area contributed by atoms with Crippen LogP contribution in [0.2, 0.25) is 5.02 Å². The van der Waals surface area contributed by atoms with Gasteiger partial charge in [0.25, 0.3) is 0 Å². The third-order valence-electron chi connectivity index (χ3n) is 3.36. The molecule has 1 aromatic heterocycles. The molecule has 0 unspecified atom stereocenters. The van der Waals surface area contributed by atoms with Crippen molar-refractivity contribution in [3.05, 3.63) is 35.5 Å². The van der Waals surface area contributed by atoms with Gasteiger partial charge in [-0.25, -0.2) is 0 Å². The maximum absolute atomic E-state index is 5.99. The molecule has 0 atom stereocenters. The summed E-state index contributed by atoms with van der Waals surface area (Å²) in [7, 11) is 0. The molecule has 2 aromatic rings. The minimum absolute atomic E-state index is 0.794. The van der Waals surface area contributed by atoms with Gasteiger partial charge in [0, 0.05) is 48.4 Å². The fourth-order valence-electron chi connectivity index (χ4n) is 2.29. The fourth-order valence-corrected chi connectivity index (χ4v) is 2.47. The van der Waals surface area contributed by atoms with Gasteiger partial charge in [-0.3, -0.25) is 0 Å². The molecule has 0 aliphatic carbocycles. The zero-order valence-electron chi connectivity index (χ0n) is 12.1. The molecular formula is C16H23ClN2O. The molecule has 0 amide bonds. The van der Waals surface area contributed by atoms with Crippen LogP contribution in [0.25, 0.3) is 10.9 Å². The first-order valence-electron chi connectivity index (χ1n) is 7.34. The van der Waals surface area contributed by atoms with Crippen LogP contribution in [-0.2, 0) is 11.3 Å². The lowest BCUT2D eigenvalue weighted by Gasteiger charge is -2.07. The lowest BCUT2D eigenvalue weighted by Crippen LogP contribution is -2.21. The Hall–Kier alpha value is -1.03. The molecule has 3 nitrogen and oxygen atoms in total. The van der Waals surface area contributed by atoms with E-state index in [0.29, 0.717) is 0 Å². The Kier molecular flexibility index (Phi) is 6.37. The summed E-state index contributed by atoms with van der Waals surface area (Å²) >= 11 is 5.99. The van der Waals surface area contributed by atoms with Crippen molar-refractivity contribution in [1.82, 2.24) is 9.88 Å². The summed E-state index contributed by atoms with van der Waals surface area (Å²) < 4.78 is 7.58. The Balaban J connectivity index is 1.68. The number of nitrogens with zero attached hydrogens (tertiary/aromatic N) is 1. The SMILES string of the molecule is CCOCCCCNCCn1ccc2cc(Cl)ccc21. The predicted octanol–water partition coefficient (Wildman–Crippen LogP) is 3.70. The topological polar surface area (TPSA) is 26.2 Å². The molecule has 4 heteroatoms. The molecule has 110 valence electrons. The van der Waals surface area contributed by atoms with Crippen molar-refractivity contribution in [1.29, 1.82) is 0 Å². The standard InChI is InChI=1S/C16H23ClN2O/c1-2-20-12-4-3-8-18-9-11-19-10-7-14-13-15(17)5-6-16(14)19/h5-7,10,13,18H,2-4,8-9,11-12H2,1H3. The molecule has 20 heavy (non-hydrogen) atoms. The highest BCUT2D eigenvalue weighted by Crippen LogP contribution is 2.20. The number of fused-ring (bicyclic) bond motifs is 1. The molecule has 0 aliphatic rings. The van der Waals surface area contributed by atoms with Gasteiger partial charge in [0.15, 0.2) is 0 Å². The van der Waals surface area contributed by atoms with E-state index in [1.807, 2.05) is 19.1 Å². The van der Waals surface area contributed by atoms with E-state index < -0.39 is 0 Å². The Bertz CT molecular complexity index is 524. The number of hydrogen-bond donors (Lipinski definition) is 1. The summed E-state index contributed by atoms with van der Waals surface area (Å²) in [6.07, 6.45) is 4.42. The highest BCUT2D eigenvalue weighted by molar-refractivity contribution is 6.31. The van der Waals surface area contributed by atoms with E-state index in [-0.39, 0.29) is 0 Å². The van der Waals surface area contributed by atoms with E-state index in [2.05, 4.69) is 28.2 Å². The minimum atomic E-state index is 0.794. The normalized spacial score (nSPS) is 11.3. The number of ether oxygens (including phenoxy) is 1. The van der Waals surface area contributed by atoms with Gasteiger partial charge >= 0.3 is 0 Å². The number of unbranched alkanes of at least 4 members (excludes halogenated alkanes) is 1. The first kappa shape index (κ1) is 15.4. The van der Waals surface area contributed by atoms with E-state index in [0.717, 1.165) is 44.3 Å². The van der Waals surface area contributed by atoms with Gasteiger partial charge in [-0.15, -0.1) is 0 Å². The number of hydrogen-bond acceptors (Lipinski definition) is 2. The third-order valence-corrected chi connectivity index (χ3v) is 3.59. The summed E-state index contributed by atoms with van der Waals surface area (Å²) in [4.78, 5) is 0. The molecule has 1 N–H and O–H groups in total. The molecular weight excluding hydrogens is 272 g/mol. The minimum Gasteiger partial charge on any atom is -0.382 e. The van der Waals surface area contributed by atoms with E-state index in [9.17, 15) is 0 Å². The van der Waals surface area contributed by atoms with Gasteiger partial charge in [0.1, 0.15) is 0 Å². The van der Waals surface area contributed by atoms with Crippen molar-refractivity contribution in [2.45, 2.75) is 26.3 Å². The quantitative estimate of drug-likeness (QED) is 0.714. The van der Waals surface area contributed by atoms with Crippen LogP contribution >= 0.6 is 11.6 Å². The van der Waals surface area contributed by atoms with Crippen LogP contribution in [0, 0.1) is 0 Å². The second-order valence-corrected chi connectivity index (χ2v) is 5.30. The zero-order chi connectivity index (χ0) is 14.2. The maximum Gasteiger partial charge on any atom is 0.0481 e. The van der Waals surface area contributed by atoms with Gasteiger partial charge in [0.05, 0.1) is 0 Å². The van der Waals surface area contributed by atoms with Gasteiger partial charge in [-0.2, -0.15) is 0 Å². The first-order chi connectivity index (χ1) is 9.81. The van der Waals surface area contributed by atoms with Crippen molar-refractivity contribution < 1.29 is 4.74 Å². The lowest BCUT2D eigenvalue weighted by atomic mass is 10.2. The van der Waals surface area contributed by atoms with Crippen molar-refractivity contribution in [3.63, 3.8) is 0 Å². The lowest BCUT2D eigenvalue weighted by molar-refractivity contribution is 0.143. The highest BCUT2D eigenvalue weighted by Gasteiger charge is 2.01. The van der Waals surface area contributed by atoms with E-state index in [4.69, 9.17) is 16.3 Å². The summed E-state index contributed by atoms with van der Waals surface area (Å²) in [6.45, 7) is 6.75.